The van der Waals surface area contributed by atoms with E-state index in [1.807, 2.05) is 38.1 Å². The largest absolute Gasteiger partial charge is 0.493 e. The zero-order valence-electron chi connectivity index (χ0n) is 24.9. The lowest BCUT2D eigenvalue weighted by Crippen LogP contribution is -2.43. The van der Waals surface area contributed by atoms with E-state index in [1.165, 1.54) is 30.4 Å². The molecule has 0 amide bonds. The minimum absolute atomic E-state index is 0.0810. The van der Waals surface area contributed by atoms with Gasteiger partial charge in [0.2, 0.25) is 0 Å². The summed E-state index contributed by atoms with van der Waals surface area (Å²) >= 11 is 0. The molecule has 2 aromatic carbocycles. The number of allylic oxidation sites excluding steroid dienone is 1. The highest BCUT2D eigenvalue weighted by molar-refractivity contribution is 5.70. The number of benzene rings is 2. The standard InChI is InChI=1S/C34H49NO4/c1-7-37-32-18-13-17-30(31(32)16-11-12-19-33(36)38-8-2)26(4)39-24-25(3)23-35-34(5,6)22-27-20-28-14-9-10-15-29(28)21-27/h9-11,13-18,25-27,35H,7-8,12,19-24H2,1-6H3/b16-11+/t25-,26-/m1/s1. The van der Waals surface area contributed by atoms with Gasteiger partial charge >= 0.3 is 5.97 Å². The van der Waals surface area contributed by atoms with Crippen LogP contribution in [0.3, 0.4) is 0 Å². The number of rotatable bonds is 16. The summed E-state index contributed by atoms with van der Waals surface area (Å²) in [6.45, 7) is 15.4. The first-order valence-electron chi connectivity index (χ1n) is 14.7. The van der Waals surface area contributed by atoms with Gasteiger partial charge in [0.05, 0.1) is 25.9 Å². The van der Waals surface area contributed by atoms with Crippen LogP contribution in [-0.4, -0.2) is 37.9 Å². The molecule has 1 N–H and O–H groups in total. The van der Waals surface area contributed by atoms with Gasteiger partial charge in [-0.25, -0.2) is 0 Å². The Balaban J connectivity index is 1.51. The summed E-state index contributed by atoms with van der Waals surface area (Å²) in [6.07, 6.45) is 8.53. The number of ether oxygens (including phenoxy) is 3. The van der Waals surface area contributed by atoms with E-state index in [1.54, 1.807) is 0 Å². The average Bonchev–Trinajstić information content (AvgIpc) is 3.31. The van der Waals surface area contributed by atoms with Crippen molar-refractivity contribution >= 4 is 12.0 Å². The maximum atomic E-state index is 11.7. The van der Waals surface area contributed by atoms with E-state index in [9.17, 15) is 4.79 Å². The Kier molecular flexibility index (Phi) is 12.1. The number of hydrogen-bond acceptors (Lipinski definition) is 5. The van der Waals surface area contributed by atoms with Gasteiger partial charge in [-0.2, -0.15) is 0 Å². The molecule has 0 aliphatic heterocycles. The molecule has 0 spiro atoms. The van der Waals surface area contributed by atoms with Crippen LogP contribution >= 0.6 is 0 Å². The fourth-order valence-electron chi connectivity index (χ4n) is 5.51. The molecule has 0 unspecified atom stereocenters. The van der Waals surface area contributed by atoms with Crippen molar-refractivity contribution in [1.82, 2.24) is 5.32 Å². The Labute approximate surface area is 236 Å². The third-order valence-electron chi connectivity index (χ3n) is 7.44. The van der Waals surface area contributed by atoms with Gasteiger partial charge < -0.3 is 19.5 Å². The minimum atomic E-state index is -0.170. The number of nitrogens with one attached hydrogen (secondary N) is 1. The van der Waals surface area contributed by atoms with Crippen molar-refractivity contribution in [2.24, 2.45) is 11.8 Å². The topological polar surface area (TPSA) is 56.8 Å². The predicted molar refractivity (Wildman–Crippen MR) is 160 cm³/mol. The fraction of sp³-hybridized carbons (Fsp3) is 0.559. The Hall–Kier alpha value is -2.63. The highest BCUT2D eigenvalue weighted by atomic mass is 16.5. The van der Waals surface area contributed by atoms with Gasteiger partial charge in [-0.05, 0) is 94.9 Å². The molecular weight excluding hydrogens is 486 g/mol. The molecule has 2 atom stereocenters. The Morgan fingerprint density at radius 2 is 1.77 bits per heavy atom. The maximum absolute atomic E-state index is 11.7. The molecule has 2 aromatic rings. The van der Waals surface area contributed by atoms with Crippen molar-refractivity contribution in [3.63, 3.8) is 0 Å². The third-order valence-corrected chi connectivity index (χ3v) is 7.44. The monoisotopic (exact) mass is 535 g/mol. The first-order valence-corrected chi connectivity index (χ1v) is 14.7. The molecule has 0 bridgehead atoms. The van der Waals surface area contributed by atoms with Crippen LogP contribution in [0.4, 0.5) is 0 Å². The van der Waals surface area contributed by atoms with Gasteiger partial charge in [0.25, 0.3) is 0 Å². The zero-order chi connectivity index (χ0) is 28.3. The fourth-order valence-corrected chi connectivity index (χ4v) is 5.51. The first kappa shape index (κ1) is 30.9. The van der Waals surface area contributed by atoms with Crippen LogP contribution in [0.5, 0.6) is 5.75 Å². The molecule has 1 aliphatic rings. The van der Waals surface area contributed by atoms with E-state index >= 15 is 0 Å². The highest BCUT2D eigenvalue weighted by Gasteiger charge is 2.28. The quantitative estimate of drug-likeness (QED) is 0.228. The summed E-state index contributed by atoms with van der Waals surface area (Å²) in [6, 6.07) is 15.0. The van der Waals surface area contributed by atoms with Gasteiger partial charge in [-0.3, -0.25) is 4.79 Å². The average molecular weight is 536 g/mol. The SMILES string of the molecule is CCOC(=O)CC/C=C/c1c(OCC)cccc1[C@@H](C)OC[C@H](C)CNC(C)(C)CC1Cc2ccccc2C1. The summed E-state index contributed by atoms with van der Waals surface area (Å²) < 4.78 is 17.3. The summed E-state index contributed by atoms with van der Waals surface area (Å²) in [4.78, 5) is 11.7. The van der Waals surface area contributed by atoms with Gasteiger partial charge in [0, 0.05) is 24.1 Å². The van der Waals surface area contributed by atoms with Crippen LogP contribution in [-0.2, 0) is 27.1 Å². The zero-order valence-corrected chi connectivity index (χ0v) is 24.9. The lowest BCUT2D eigenvalue weighted by molar-refractivity contribution is -0.143. The minimum Gasteiger partial charge on any atom is -0.493 e. The number of esters is 1. The molecule has 5 heteroatoms. The second-order valence-corrected chi connectivity index (χ2v) is 11.5. The predicted octanol–water partition coefficient (Wildman–Crippen LogP) is 7.33. The molecule has 5 nitrogen and oxygen atoms in total. The van der Waals surface area contributed by atoms with E-state index in [0.717, 1.165) is 23.4 Å². The molecule has 1 aliphatic carbocycles. The Morgan fingerprint density at radius 1 is 1.05 bits per heavy atom. The molecule has 0 saturated carbocycles. The molecule has 3 rings (SSSR count). The molecule has 0 heterocycles. The van der Waals surface area contributed by atoms with Crippen LogP contribution < -0.4 is 10.1 Å². The van der Waals surface area contributed by atoms with Crippen LogP contribution in [0.1, 0.15) is 89.2 Å². The van der Waals surface area contributed by atoms with E-state index in [0.29, 0.717) is 44.5 Å². The van der Waals surface area contributed by atoms with Gasteiger partial charge in [0.15, 0.2) is 0 Å². The Morgan fingerprint density at radius 3 is 2.44 bits per heavy atom. The van der Waals surface area contributed by atoms with Crippen LogP contribution in [0.2, 0.25) is 0 Å². The maximum Gasteiger partial charge on any atom is 0.306 e. The molecular formula is C34H49NO4. The normalized spacial score (nSPS) is 15.3. The van der Waals surface area contributed by atoms with E-state index in [-0.39, 0.29) is 17.6 Å². The summed E-state index contributed by atoms with van der Waals surface area (Å²) in [5.74, 6) is 1.75. The van der Waals surface area contributed by atoms with E-state index in [2.05, 4.69) is 63.3 Å². The van der Waals surface area contributed by atoms with Crippen molar-refractivity contribution in [3.05, 3.63) is 70.8 Å². The van der Waals surface area contributed by atoms with Gasteiger partial charge in [-0.1, -0.05) is 55.5 Å². The highest BCUT2D eigenvalue weighted by Crippen LogP contribution is 2.33. The lowest BCUT2D eigenvalue weighted by Gasteiger charge is -2.31. The van der Waals surface area contributed by atoms with Crippen molar-refractivity contribution in [3.8, 4) is 5.75 Å². The smallest absolute Gasteiger partial charge is 0.306 e. The Bertz CT molecular complexity index is 1050. The second-order valence-electron chi connectivity index (χ2n) is 11.5. The molecule has 0 aromatic heterocycles. The second kappa shape index (κ2) is 15.2. The first-order chi connectivity index (χ1) is 18.7. The molecule has 0 radical (unpaired) electrons. The van der Waals surface area contributed by atoms with Crippen LogP contribution in [0.25, 0.3) is 6.08 Å². The molecule has 0 fully saturated rings. The number of carbonyl (C=O) groups excluding carboxylic acids is 1. The van der Waals surface area contributed by atoms with Crippen molar-refractivity contribution < 1.29 is 19.0 Å². The number of fused-ring (bicyclic) bond motifs is 1. The summed E-state index contributed by atoms with van der Waals surface area (Å²) in [5, 5.41) is 3.82. The van der Waals surface area contributed by atoms with E-state index in [4.69, 9.17) is 14.2 Å². The van der Waals surface area contributed by atoms with Gasteiger partial charge in [-0.15, -0.1) is 0 Å². The van der Waals surface area contributed by atoms with Crippen molar-refractivity contribution in [1.29, 1.82) is 0 Å². The van der Waals surface area contributed by atoms with E-state index < -0.39 is 0 Å². The molecule has 0 saturated heterocycles. The lowest BCUT2D eigenvalue weighted by atomic mass is 9.88. The summed E-state index contributed by atoms with van der Waals surface area (Å²) in [5.41, 5.74) is 5.24. The van der Waals surface area contributed by atoms with Crippen molar-refractivity contribution in [2.45, 2.75) is 85.3 Å². The number of hydrogen-bond donors (Lipinski definition) is 1. The molecule has 39 heavy (non-hydrogen) atoms. The third kappa shape index (κ3) is 9.81. The van der Waals surface area contributed by atoms with Gasteiger partial charge in [0.1, 0.15) is 5.75 Å². The van der Waals surface area contributed by atoms with Crippen LogP contribution in [0.15, 0.2) is 48.5 Å². The van der Waals surface area contributed by atoms with Crippen LogP contribution in [0, 0.1) is 11.8 Å². The number of carbonyl (C=O) groups is 1. The molecule has 214 valence electrons. The summed E-state index contributed by atoms with van der Waals surface area (Å²) in [7, 11) is 0. The van der Waals surface area contributed by atoms with Crippen molar-refractivity contribution in [2.75, 3.05) is 26.4 Å².